The van der Waals surface area contributed by atoms with Gasteiger partial charge >= 0.3 is 0 Å². The van der Waals surface area contributed by atoms with Crippen LogP contribution in [0.1, 0.15) is 55.2 Å². The Labute approximate surface area is 206 Å². The van der Waals surface area contributed by atoms with Crippen LogP contribution in [0.2, 0.25) is 5.02 Å². The number of pyridine rings is 1. The summed E-state index contributed by atoms with van der Waals surface area (Å²) in [6.45, 7) is 8.39. The predicted octanol–water partition coefficient (Wildman–Crippen LogP) is 4.89. The van der Waals surface area contributed by atoms with Crippen molar-refractivity contribution in [3.05, 3.63) is 56.5 Å². The van der Waals surface area contributed by atoms with E-state index in [9.17, 15) is 9.59 Å². The minimum atomic E-state index is -0.178. The summed E-state index contributed by atoms with van der Waals surface area (Å²) in [4.78, 5) is 32.3. The molecule has 34 heavy (non-hydrogen) atoms. The van der Waals surface area contributed by atoms with Crippen LogP contribution in [-0.2, 0) is 11.8 Å². The van der Waals surface area contributed by atoms with Gasteiger partial charge in [-0.25, -0.2) is 0 Å². The summed E-state index contributed by atoms with van der Waals surface area (Å²) in [5.74, 6) is 0.947. The fourth-order valence-electron chi connectivity index (χ4n) is 5.16. The van der Waals surface area contributed by atoms with Gasteiger partial charge in [-0.2, -0.15) is 0 Å². The summed E-state index contributed by atoms with van der Waals surface area (Å²) in [6.07, 6.45) is 3.84. The molecule has 0 spiro atoms. The first-order chi connectivity index (χ1) is 16.1. The van der Waals surface area contributed by atoms with Crippen LogP contribution in [-0.4, -0.2) is 59.0 Å². The van der Waals surface area contributed by atoms with Gasteiger partial charge in [-0.05, 0) is 74.5 Å². The van der Waals surface area contributed by atoms with Crippen molar-refractivity contribution < 1.29 is 4.79 Å². The van der Waals surface area contributed by atoms with E-state index in [1.54, 1.807) is 11.6 Å². The van der Waals surface area contributed by atoms with Crippen LogP contribution in [0.3, 0.4) is 0 Å². The number of hydrogen-bond donors (Lipinski definition) is 1. The highest BCUT2D eigenvalue weighted by atomic mass is 35.5. The summed E-state index contributed by atoms with van der Waals surface area (Å²) in [7, 11) is 5.60. The second-order valence-corrected chi connectivity index (χ2v) is 10.5. The van der Waals surface area contributed by atoms with Gasteiger partial charge in [0.2, 0.25) is 5.91 Å². The van der Waals surface area contributed by atoms with Crippen LogP contribution in [0.5, 0.6) is 0 Å². The number of nitrogens with one attached hydrogen (secondary N) is 1. The van der Waals surface area contributed by atoms with Crippen molar-refractivity contribution in [2.24, 2.45) is 7.05 Å². The number of aryl methyl sites for hydroxylation is 1. The molecule has 0 atom stereocenters. The number of fused-ring (bicyclic) bond motifs is 1. The largest absolute Gasteiger partial charge is 0.354 e. The maximum absolute atomic E-state index is 12.4. The molecular weight excluding hydrogens is 448 g/mol. The lowest BCUT2D eigenvalue weighted by atomic mass is 9.87. The first-order valence-corrected chi connectivity index (χ1v) is 12.4. The average Bonchev–Trinajstić information content (AvgIpc) is 3.18. The Bertz CT molecular complexity index is 1280. The van der Waals surface area contributed by atoms with Crippen LogP contribution in [0.25, 0.3) is 22.2 Å². The number of halogens is 1. The first kappa shape index (κ1) is 24.6. The quantitative estimate of drug-likeness (QED) is 0.563. The van der Waals surface area contributed by atoms with Gasteiger partial charge < -0.3 is 19.4 Å². The second-order valence-electron chi connectivity index (χ2n) is 10.2. The SMILES string of the molecule is Cc1c(-c2[nH]c3ccc(C4CCN(C(=O)CN(C)C)CC4)cc3c2C(C)C)cn(C)c(=O)c1Cl. The molecule has 1 aliphatic heterocycles. The van der Waals surface area contributed by atoms with Crippen LogP contribution >= 0.6 is 11.6 Å². The molecule has 2 aromatic heterocycles. The molecule has 0 saturated carbocycles. The highest BCUT2D eigenvalue weighted by Crippen LogP contribution is 2.39. The Morgan fingerprint density at radius 2 is 1.91 bits per heavy atom. The van der Waals surface area contributed by atoms with Crippen molar-refractivity contribution in [2.45, 2.75) is 45.4 Å². The molecule has 182 valence electrons. The smallest absolute Gasteiger partial charge is 0.269 e. The molecule has 6 nitrogen and oxygen atoms in total. The Balaban J connectivity index is 1.69. The molecule has 4 rings (SSSR count). The third kappa shape index (κ3) is 4.53. The third-order valence-electron chi connectivity index (χ3n) is 7.04. The number of amides is 1. The number of H-pyrrole nitrogens is 1. The van der Waals surface area contributed by atoms with Gasteiger partial charge in [0.15, 0.2) is 0 Å². The van der Waals surface area contributed by atoms with Crippen LogP contribution in [0.15, 0.2) is 29.2 Å². The summed E-state index contributed by atoms with van der Waals surface area (Å²) in [5.41, 5.74) is 6.27. The molecule has 1 aliphatic rings. The van der Waals surface area contributed by atoms with Crippen molar-refractivity contribution in [1.29, 1.82) is 0 Å². The third-order valence-corrected chi connectivity index (χ3v) is 7.49. The normalized spacial score (nSPS) is 15.1. The van der Waals surface area contributed by atoms with Crippen molar-refractivity contribution in [1.82, 2.24) is 19.4 Å². The zero-order valence-corrected chi connectivity index (χ0v) is 21.8. The number of carbonyl (C=O) groups excluding carboxylic acids is 1. The number of piperidine rings is 1. The Kier molecular flexibility index (Phi) is 6.92. The molecule has 1 fully saturated rings. The van der Waals surface area contributed by atoms with Crippen molar-refractivity contribution in [3.63, 3.8) is 0 Å². The van der Waals surface area contributed by atoms with E-state index < -0.39 is 0 Å². The van der Waals surface area contributed by atoms with Crippen molar-refractivity contribution in [2.75, 3.05) is 33.7 Å². The van der Waals surface area contributed by atoms with Crippen LogP contribution in [0, 0.1) is 6.92 Å². The lowest BCUT2D eigenvalue weighted by molar-refractivity contribution is -0.132. The Morgan fingerprint density at radius 1 is 1.24 bits per heavy atom. The number of aromatic amines is 1. The van der Waals surface area contributed by atoms with E-state index >= 15 is 0 Å². The van der Waals surface area contributed by atoms with E-state index in [0.29, 0.717) is 18.4 Å². The molecule has 7 heteroatoms. The summed E-state index contributed by atoms with van der Waals surface area (Å²) < 4.78 is 1.55. The van der Waals surface area contributed by atoms with Crippen LogP contribution < -0.4 is 5.56 Å². The summed E-state index contributed by atoms with van der Waals surface area (Å²) in [5, 5.41) is 1.49. The number of aromatic nitrogens is 2. The van der Waals surface area contributed by atoms with E-state index in [1.165, 1.54) is 16.5 Å². The number of nitrogens with zero attached hydrogens (tertiary/aromatic N) is 3. The molecule has 1 saturated heterocycles. The van der Waals surface area contributed by atoms with Crippen LogP contribution in [0.4, 0.5) is 0 Å². The number of likely N-dealkylation sites (N-methyl/N-ethyl adjacent to an activating group) is 1. The molecule has 0 radical (unpaired) electrons. The van der Waals surface area contributed by atoms with E-state index in [0.717, 1.165) is 48.3 Å². The standard InChI is InChI=1S/C27H35ClN4O2/c1-16(2)24-20-13-19(18-9-11-32(12-10-18)23(33)15-30(4)5)7-8-22(20)29-26(24)21-14-31(6)27(34)25(28)17(21)3/h7-8,13-14,16,18,29H,9-12,15H2,1-6H3. The monoisotopic (exact) mass is 482 g/mol. The molecule has 1 N–H and O–H groups in total. The van der Waals surface area contributed by atoms with E-state index in [4.69, 9.17) is 11.6 Å². The molecular formula is C27H35ClN4O2. The molecule has 1 aromatic carbocycles. The molecule has 3 aromatic rings. The topological polar surface area (TPSA) is 61.3 Å². The lowest BCUT2D eigenvalue weighted by Crippen LogP contribution is -2.42. The molecule has 0 unspecified atom stereocenters. The Morgan fingerprint density at radius 3 is 2.53 bits per heavy atom. The van der Waals surface area contributed by atoms with E-state index in [2.05, 4.69) is 37.0 Å². The van der Waals surface area contributed by atoms with Gasteiger partial charge in [-0.1, -0.05) is 31.5 Å². The van der Waals surface area contributed by atoms with Gasteiger partial charge in [-0.15, -0.1) is 0 Å². The van der Waals surface area contributed by atoms with Gasteiger partial charge in [-0.3, -0.25) is 9.59 Å². The number of hydrogen-bond acceptors (Lipinski definition) is 3. The molecule has 3 heterocycles. The number of carbonyl (C=O) groups is 1. The zero-order valence-electron chi connectivity index (χ0n) is 21.0. The average molecular weight is 483 g/mol. The zero-order chi connectivity index (χ0) is 24.7. The predicted molar refractivity (Wildman–Crippen MR) is 140 cm³/mol. The molecule has 0 bridgehead atoms. The highest BCUT2D eigenvalue weighted by Gasteiger charge is 2.25. The number of rotatable bonds is 5. The van der Waals surface area contributed by atoms with Gasteiger partial charge in [0.05, 0.1) is 12.2 Å². The lowest BCUT2D eigenvalue weighted by Gasteiger charge is -2.33. The maximum Gasteiger partial charge on any atom is 0.269 e. The van der Waals surface area contributed by atoms with Gasteiger partial charge in [0.25, 0.3) is 5.56 Å². The first-order valence-electron chi connectivity index (χ1n) is 12.0. The van der Waals surface area contributed by atoms with Gasteiger partial charge in [0, 0.05) is 42.8 Å². The highest BCUT2D eigenvalue weighted by molar-refractivity contribution is 6.31. The minimum absolute atomic E-state index is 0.178. The maximum atomic E-state index is 12.4. The van der Waals surface area contributed by atoms with E-state index in [-0.39, 0.29) is 16.5 Å². The van der Waals surface area contributed by atoms with E-state index in [1.807, 2.05) is 37.0 Å². The Hall–Kier alpha value is -2.57. The minimum Gasteiger partial charge on any atom is -0.354 e. The molecule has 1 amide bonds. The fraction of sp³-hybridized carbons (Fsp3) is 0.481. The summed E-state index contributed by atoms with van der Waals surface area (Å²) >= 11 is 6.38. The molecule has 0 aliphatic carbocycles. The summed E-state index contributed by atoms with van der Waals surface area (Å²) in [6, 6.07) is 6.71. The van der Waals surface area contributed by atoms with Crippen molar-refractivity contribution in [3.8, 4) is 11.3 Å². The second kappa shape index (κ2) is 9.59. The number of benzene rings is 1. The fourth-order valence-corrected chi connectivity index (χ4v) is 5.40. The van der Waals surface area contributed by atoms with Crippen molar-refractivity contribution >= 4 is 28.4 Å². The number of likely N-dealkylation sites (tertiary alicyclic amines) is 1. The van der Waals surface area contributed by atoms with Gasteiger partial charge in [0.1, 0.15) is 5.02 Å².